The maximum Gasteiger partial charge on any atom is 0.333 e. The molecule has 0 spiro atoms. The van der Waals surface area contributed by atoms with E-state index in [-0.39, 0.29) is 10.6 Å². The number of hydrogen-bond donors (Lipinski definition) is 1. The zero-order valence-electron chi connectivity index (χ0n) is 10.4. The van der Waals surface area contributed by atoms with Gasteiger partial charge in [-0.1, -0.05) is 6.92 Å². The van der Waals surface area contributed by atoms with Gasteiger partial charge in [-0.25, -0.2) is 4.68 Å². The van der Waals surface area contributed by atoms with Gasteiger partial charge in [0, 0.05) is 13.6 Å². The van der Waals surface area contributed by atoms with E-state index in [2.05, 4.69) is 17.3 Å². The van der Waals surface area contributed by atoms with Gasteiger partial charge in [0.2, 0.25) is 5.82 Å². The van der Waals surface area contributed by atoms with E-state index in [9.17, 15) is 10.1 Å². The molecule has 1 aromatic rings. The summed E-state index contributed by atoms with van der Waals surface area (Å²) in [7, 11) is 1.71. The van der Waals surface area contributed by atoms with Crippen LogP contribution in [0.5, 0.6) is 0 Å². The molecule has 0 saturated carbocycles. The van der Waals surface area contributed by atoms with Crippen LogP contribution in [-0.2, 0) is 7.05 Å². The molecule has 1 aromatic heterocycles. The van der Waals surface area contributed by atoms with E-state index < -0.39 is 0 Å². The van der Waals surface area contributed by atoms with Crippen LogP contribution >= 0.6 is 11.8 Å². The Kier molecular flexibility index (Phi) is 5.27. The van der Waals surface area contributed by atoms with Gasteiger partial charge in [-0.3, -0.25) is 10.1 Å². The van der Waals surface area contributed by atoms with Crippen LogP contribution in [0.4, 0.5) is 11.5 Å². The molecule has 0 aromatic carbocycles. The number of aromatic nitrogens is 2. The average Bonchev–Trinajstić information content (AvgIpc) is 2.53. The number of anilines is 1. The molecule has 0 radical (unpaired) electrons. The first-order valence-corrected chi connectivity index (χ1v) is 6.73. The number of nitrogens with zero attached hydrogens (tertiary/aromatic N) is 3. The summed E-state index contributed by atoms with van der Waals surface area (Å²) < 4.78 is 1.53. The SMILES string of the molecule is CCSCCCNc1c([N+](=O)[O-])c(C)nn1C. The molecule has 0 saturated heterocycles. The Hall–Kier alpha value is -1.24. The molecule has 1 N–H and O–H groups in total. The van der Waals surface area contributed by atoms with Crippen molar-refractivity contribution in [1.29, 1.82) is 0 Å². The molecule has 0 amide bonds. The molecule has 1 heterocycles. The summed E-state index contributed by atoms with van der Waals surface area (Å²) in [5.41, 5.74) is 0.526. The first-order valence-electron chi connectivity index (χ1n) is 5.57. The third-order valence-electron chi connectivity index (χ3n) is 2.34. The standard InChI is InChI=1S/C10H18N4O2S/c1-4-17-7-5-6-11-10-9(14(15)16)8(2)12-13(10)3/h11H,4-7H2,1-3H3. The molecule has 0 fully saturated rings. The Balaban J connectivity index is 2.61. The van der Waals surface area contributed by atoms with Crippen LogP contribution in [0.2, 0.25) is 0 Å². The van der Waals surface area contributed by atoms with E-state index in [1.807, 2.05) is 11.8 Å². The Morgan fingerprint density at radius 3 is 2.88 bits per heavy atom. The minimum absolute atomic E-state index is 0.0793. The molecule has 0 aliphatic heterocycles. The van der Waals surface area contributed by atoms with Crippen molar-refractivity contribution in [2.24, 2.45) is 7.05 Å². The number of thioether (sulfide) groups is 1. The fraction of sp³-hybridized carbons (Fsp3) is 0.700. The van der Waals surface area contributed by atoms with E-state index in [4.69, 9.17) is 0 Å². The molecule has 0 aliphatic carbocycles. The van der Waals surface area contributed by atoms with Crippen molar-refractivity contribution < 1.29 is 4.92 Å². The van der Waals surface area contributed by atoms with Crippen LogP contribution < -0.4 is 5.32 Å². The molecule has 0 atom stereocenters. The zero-order valence-corrected chi connectivity index (χ0v) is 11.2. The molecule has 0 unspecified atom stereocenters. The van der Waals surface area contributed by atoms with Crippen molar-refractivity contribution >= 4 is 23.3 Å². The van der Waals surface area contributed by atoms with Crippen molar-refractivity contribution in [2.75, 3.05) is 23.4 Å². The van der Waals surface area contributed by atoms with Crippen molar-refractivity contribution in [3.05, 3.63) is 15.8 Å². The quantitative estimate of drug-likeness (QED) is 0.461. The molecule has 0 bridgehead atoms. The molecule has 17 heavy (non-hydrogen) atoms. The normalized spacial score (nSPS) is 10.5. The number of nitro groups is 1. The van der Waals surface area contributed by atoms with Gasteiger partial charge in [0.1, 0.15) is 5.69 Å². The summed E-state index contributed by atoms with van der Waals surface area (Å²) in [5, 5.41) is 18.0. The fourth-order valence-corrected chi connectivity index (χ4v) is 2.23. The molecule has 0 aliphatic rings. The second-order valence-corrected chi connectivity index (χ2v) is 5.03. The Labute approximate surface area is 105 Å². The Bertz CT molecular complexity index is 392. The molecular weight excluding hydrogens is 240 g/mol. The Morgan fingerprint density at radius 1 is 1.59 bits per heavy atom. The largest absolute Gasteiger partial charge is 0.365 e. The molecule has 7 heteroatoms. The van der Waals surface area contributed by atoms with Gasteiger partial charge in [-0.15, -0.1) is 0 Å². The summed E-state index contributed by atoms with van der Waals surface area (Å²) in [6.07, 6.45) is 0.986. The molecule has 1 rings (SSSR count). The van der Waals surface area contributed by atoms with Gasteiger partial charge >= 0.3 is 5.69 Å². The van der Waals surface area contributed by atoms with Crippen LogP contribution in [0.25, 0.3) is 0 Å². The predicted molar refractivity (Wildman–Crippen MR) is 70.7 cm³/mol. The minimum Gasteiger partial charge on any atom is -0.365 e. The third-order valence-corrected chi connectivity index (χ3v) is 3.32. The van der Waals surface area contributed by atoms with Gasteiger partial charge in [0.05, 0.1) is 4.92 Å². The lowest BCUT2D eigenvalue weighted by molar-refractivity contribution is -0.384. The van der Waals surface area contributed by atoms with Gasteiger partial charge in [-0.05, 0) is 24.9 Å². The third kappa shape index (κ3) is 3.62. The number of rotatable bonds is 7. The van der Waals surface area contributed by atoms with E-state index in [0.717, 1.165) is 24.5 Å². The van der Waals surface area contributed by atoms with Gasteiger partial charge in [-0.2, -0.15) is 16.9 Å². The lowest BCUT2D eigenvalue weighted by Gasteiger charge is -2.05. The number of hydrogen-bond acceptors (Lipinski definition) is 5. The van der Waals surface area contributed by atoms with Crippen molar-refractivity contribution in [2.45, 2.75) is 20.3 Å². The second-order valence-electron chi connectivity index (χ2n) is 3.64. The van der Waals surface area contributed by atoms with E-state index >= 15 is 0 Å². The first kappa shape index (κ1) is 13.8. The summed E-state index contributed by atoms with van der Waals surface area (Å²) in [6.45, 7) is 4.50. The van der Waals surface area contributed by atoms with Crippen molar-refractivity contribution in [1.82, 2.24) is 9.78 Å². The van der Waals surface area contributed by atoms with Crippen LogP contribution in [0, 0.1) is 17.0 Å². The van der Waals surface area contributed by atoms with Crippen molar-refractivity contribution in [3.63, 3.8) is 0 Å². The molecular formula is C10H18N4O2S. The molecule has 96 valence electrons. The highest BCUT2D eigenvalue weighted by Gasteiger charge is 2.23. The average molecular weight is 258 g/mol. The minimum atomic E-state index is -0.383. The smallest absolute Gasteiger partial charge is 0.333 e. The Morgan fingerprint density at radius 2 is 2.29 bits per heavy atom. The summed E-state index contributed by atoms with van der Waals surface area (Å²) in [4.78, 5) is 10.5. The maximum atomic E-state index is 10.9. The van der Waals surface area contributed by atoms with Crippen LogP contribution in [0.3, 0.4) is 0 Å². The van der Waals surface area contributed by atoms with Gasteiger partial charge in [0.25, 0.3) is 0 Å². The highest BCUT2D eigenvalue weighted by Crippen LogP contribution is 2.27. The van der Waals surface area contributed by atoms with Gasteiger partial charge in [0.15, 0.2) is 0 Å². The summed E-state index contributed by atoms with van der Waals surface area (Å²) >= 11 is 1.87. The summed E-state index contributed by atoms with van der Waals surface area (Å²) in [6, 6.07) is 0. The highest BCUT2D eigenvalue weighted by atomic mass is 32.2. The second kappa shape index (κ2) is 6.48. The van der Waals surface area contributed by atoms with Crippen LogP contribution in [0.1, 0.15) is 19.0 Å². The van der Waals surface area contributed by atoms with E-state index in [1.165, 1.54) is 4.68 Å². The fourth-order valence-electron chi connectivity index (χ4n) is 1.59. The highest BCUT2D eigenvalue weighted by molar-refractivity contribution is 7.99. The van der Waals surface area contributed by atoms with E-state index in [1.54, 1.807) is 14.0 Å². The van der Waals surface area contributed by atoms with Crippen molar-refractivity contribution in [3.8, 4) is 0 Å². The topological polar surface area (TPSA) is 73.0 Å². The zero-order chi connectivity index (χ0) is 12.8. The number of aryl methyl sites for hydroxylation is 2. The molecule has 6 nitrogen and oxygen atoms in total. The maximum absolute atomic E-state index is 10.9. The lowest BCUT2D eigenvalue weighted by Crippen LogP contribution is -2.08. The monoisotopic (exact) mass is 258 g/mol. The van der Waals surface area contributed by atoms with Gasteiger partial charge < -0.3 is 5.32 Å². The summed E-state index contributed by atoms with van der Waals surface area (Å²) in [5.74, 6) is 2.66. The first-order chi connectivity index (χ1) is 8.07. The van der Waals surface area contributed by atoms with Crippen LogP contribution in [-0.4, -0.2) is 32.8 Å². The van der Waals surface area contributed by atoms with Crippen LogP contribution in [0.15, 0.2) is 0 Å². The predicted octanol–water partition coefficient (Wildman–Crippen LogP) is 2.19. The van der Waals surface area contributed by atoms with E-state index in [0.29, 0.717) is 11.5 Å². The number of nitrogens with one attached hydrogen (secondary N) is 1. The lowest BCUT2D eigenvalue weighted by atomic mass is 10.3.